The molecule has 1 unspecified atom stereocenters. The first-order valence-electron chi connectivity index (χ1n) is 9.24. The molecule has 1 saturated heterocycles. The lowest BCUT2D eigenvalue weighted by molar-refractivity contribution is -0.137. The Morgan fingerprint density at radius 3 is 2.52 bits per heavy atom. The van der Waals surface area contributed by atoms with Crippen LogP contribution in [0.1, 0.15) is 22.8 Å². The molecule has 1 fully saturated rings. The molecule has 5 heteroatoms. The van der Waals surface area contributed by atoms with Crippen molar-refractivity contribution in [3.63, 3.8) is 0 Å². The maximum atomic E-state index is 13.3. The zero-order chi connectivity index (χ0) is 19.0. The van der Waals surface area contributed by atoms with Gasteiger partial charge in [-0.05, 0) is 18.6 Å². The number of piperazine rings is 1. The quantitative estimate of drug-likeness (QED) is 0.720. The molecule has 1 aliphatic rings. The van der Waals surface area contributed by atoms with E-state index < -0.39 is 6.04 Å². The number of hydrogen-bond acceptors (Lipinski definition) is 2. The van der Waals surface area contributed by atoms with Crippen molar-refractivity contribution in [1.82, 2.24) is 14.4 Å². The molecule has 1 aliphatic heterocycles. The molecule has 1 atom stereocenters. The van der Waals surface area contributed by atoms with Crippen LogP contribution in [0.4, 0.5) is 0 Å². The molecular weight excluding hydrogens is 338 g/mol. The number of rotatable bonds is 3. The molecule has 0 aliphatic carbocycles. The topological polar surface area (TPSA) is 45.6 Å². The van der Waals surface area contributed by atoms with Crippen molar-refractivity contribution in [3.8, 4) is 0 Å². The van der Waals surface area contributed by atoms with Gasteiger partial charge in [0.25, 0.3) is 5.91 Å². The fourth-order valence-corrected chi connectivity index (χ4v) is 3.77. The predicted molar refractivity (Wildman–Crippen MR) is 106 cm³/mol. The van der Waals surface area contributed by atoms with Gasteiger partial charge in [-0.1, -0.05) is 48.5 Å². The van der Waals surface area contributed by atoms with E-state index in [1.54, 1.807) is 23.8 Å². The van der Waals surface area contributed by atoms with Crippen LogP contribution >= 0.6 is 0 Å². The number of carbonyl (C=O) groups excluding carboxylic acids is 2. The van der Waals surface area contributed by atoms with Crippen LogP contribution in [0.3, 0.4) is 0 Å². The van der Waals surface area contributed by atoms with Gasteiger partial charge in [0.15, 0.2) is 0 Å². The summed E-state index contributed by atoms with van der Waals surface area (Å²) < 4.78 is 2.11. The highest BCUT2D eigenvalue weighted by Gasteiger charge is 2.34. The van der Waals surface area contributed by atoms with E-state index in [2.05, 4.69) is 16.7 Å². The Kier molecular flexibility index (Phi) is 4.44. The third-order valence-electron chi connectivity index (χ3n) is 5.35. The lowest BCUT2D eigenvalue weighted by Crippen LogP contribution is -2.56. The highest BCUT2D eigenvalue weighted by atomic mass is 16.2. The first-order valence-corrected chi connectivity index (χ1v) is 9.24. The summed E-state index contributed by atoms with van der Waals surface area (Å²) in [5.41, 5.74) is 2.86. The zero-order valence-electron chi connectivity index (χ0n) is 15.6. The first-order chi connectivity index (χ1) is 13.1. The first kappa shape index (κ1) is 17.3. The van der Waals surface area contributed by atoms with Crippen molar-refractivity contribution in [3.05, 3.63) is 71.9 Å². The summed E-state index contributed by atoms with van der Waals surface area (Å²) in [7, 11) is 1.78. The maximum absolute atomic E-state index is 13.3. The van der Waals surface area contributed by atoms with Gasteiger partial charge in [-0.2, -0.15) is 0 Å². The Morgan fingerprint density at radius 1 is 1.04 bits per heavy atom. The Morgan fingerprint density at radius 2 is 1.74 bits per heavy atom. The molecule has 2 aromatic carbocycles. The van der Waals surface area contributed by atoms with Crippen molar-refractivity contribution in [2.45, 2.75) is 19.5 Å². The maximum Gasteiger partial charge on any atom is 0.256 e. The predicted octanol–water partition coefficient (Wildman–Crippen LogP) is 2.99. The van der Waals surface area contributed by atoms with Gasteiger partial charge in [0.05, 0.1) is 5.56 Å². The van der Waals surface area contributed by atoms with Crippen LogP contribution < -0.4 is 0 Å². The summed E-state index contributed by atoms with van der Waals surface area (Å²) >= 11 is 0. The SMILES string of the molecule is CC1C(=O)N(C)CCN1C(=O)c1cn(Cc2ccccc2)c2ccccc12. The molecule has 2 heterocycles. The van der Waals surface area contributed by atoms with Gasteiger partial charge in [0, 0.05) is 43.8 Å². The van der Waals surface area contributed by atoms with Gasteiger partial charge in [-0.25, -0.2) is 0 Å². The molecule has 138 valence electrons. The average molecular weight is 361 g/mol. The molecule has 0 spiro atoms. The van der Waals surface area contributed by atoms with Crippen LogP contribution in [-0.2, 0) is 11.3 Å². The molecule has 0 N–H and O–H groups in total. The molecule has 27 heavy (non-hydrogen) atoms. The van der Waals surface area contributed by atoms with Gasteiger partial charge in [-0.3, -0.25) is 9.59 Å². The fraction of sp³-hybridized carbons (Fsp3) is 0.273. The Hall–Kier alpha value is -3.08. The van der Waals surface area contributed by atoms with Crippen LogP contribution in [0.2, 0.25) is 0 Å². The Labute approximate surface area is 158 Å². The normalized spacial score (nSPS) is 17.6. The molecule has 2 amide bonds. The van der Waals surface area contributed by atoms with Gasteiger partial charge in [-0.15, -0.1) is 0 Å². The van der Waals surface area contributed by atoms with Gasteiger partial charge in [0.2, 0.25) is 5.91 Å². The Balaban J connectivity index is 1.72. The number of likely N-dealkylation sites (N-methyl/N-ethyl adjacent to an activating group) is 1. The number of nitrogens with zero attached hydrogens (tertiary/aromatic N) is 3. The summed E-state index contributed by atoms with van der Waals surface area (Å²) in [6, 6.07) is 17.7. The summed E-state index contributed by atoms with van der Waals surface area (Å²) in [5, 5.41) is 0.928. The minimum absolute atomic E-state index is 0.0115. The van der Waals surface area contributed by atoms with Crippen LogP contribution in [0.5, 0.6) is 0 Å². The zero-order valence-corrected chi connectivity index (χ0v) is 15.6. The van der Waals surface area contributed by atoms with E-state index in [-0.39, 0.29) is 11.8 Å². The molecular formula is C22H23N3O2. The standard InChI is InChI=1S/C22H23N3O2/c1-16-21(26)23(2)12-13-25(16)22(27)19-15-24(14-17-8-4-3-5-9-17)20-11-7-6-10-18(19)20/h3-11,15-16H,12-14H2,1-2H3. The number of para-hydroxylation sites is 1. The van der Waals surface area contributed by atoms with Gasteiger partial charge >= 0.3 is 0 Å². The van der Waals surface area contributed by atoms with Gasteiger partial charge in [0.1, 0.15) is 6.04 Å². The van der Waals surface area contributed by atoms with Crippen molar-refractivity contribution < 1.29 is 9.59 Å². The molecule has 5 nitrogen and oxygen atoms in total. The van der Waals surface area contributed by atoms with Crippen LogP contribution in [0, 0.1) is 0 Å². The average Bonchev–Trinajstić information content (AvgIpc) is 3.05. The smallest absolute Gasteiger partial charge is 0.256 e. The lowest BCUT2D eigenvalue weighted by Gasteiger charge is -2.37. The number of benzene rings is 2. The summed E-state index contributed by atoms with van der Waals surface area (Å²) in [6.07, 6.45) is 1.93. The third-order valence-corrected chi connectivity index (χ3v) is 5.35. The minimum Gasteiger partial charge on any atom is -0.342 e. The van der Waals surface area contributed by atoms with E-state index in [0.29, 0.717) is 25.2 Å². The second-order valence-corrected chi connectivity index (χ2v) is 7.11. The number of aromatic nitrogens is 1. The van der Waals surface area contributed by atoms with Crippen molar-refractivity contribution in [1.29, 1.82) is 0 Å². The van der Waals surface area contributed by atoms with E-state index in [0.717, 1.165) is 10.9 Å². The molecule has 0 saturated carbocycles. The van der Waals surface area contributed by atoms with Crippen molar-refractivity contribution in [2.24, 2.45) is 0 Å². The van der Waals surface area contributed by atoms with E-state index in [9.17, 15) is 9.59 Å². The van der Waals surface area contributed by atoms with E-state index >= 15 is 0 Å². The summed E-state index contributed by atoms with van der Waals surface area (Å²) in [4.78, 5) is 29.0. The second-order valence-electron chi connectivity index (χ2n) is 7.11. The number of carbonyl (C=O) groups is 2. The second kappa shape index (κ2) is 6.91. The van der Waals surface area contributed by atoms with Crippen molar-refractivity contribution >= 4 is 22.7 Å². The minimum atomic E-state index is -0.438. The third kappa shape index (κ3) is 3.10. The summed E-state index contributed by atoms with van der Waals surface area (Å²) in [5.74, 6) is -0.0883. The molecule has 4 rings (SSSR count). The lowest BCUT2D eigenvalue weighted by atomic mass is 10.1. The molecule has 0 radical (unpaired) electrons. The van der Waals surface area contributed by atoms with E-state index in [1.807, 2.05) is 48.7 Å². The number of fused-ring (bicyclic) bond motifs is 1. The van der Waals surface area contributed by atoms with E-state index in [1.165, 1.54) is 5.56 Å². The monoisotopic (exact) mass is 361 g/mol. The Bertz CT molecular complexity index is 993. The molecule has 3 aromatic rings. The number of hydrogen-bond donors (Lipinski definition) is 0. The largest absolute Gasteiger partial charge is 0.342 e. The summed E-state index contributed by atoms with van der Waals surface area (Å²) in [6.45, 7) is 3.63. The van der Waals surface area contributed by atoms with Crippen LogP contribution in [0.15, 0.2) is 60.8 Å². The van der Waals surface area contributed by atoms with Gasteiger partial charge < -0.3 is 14.4 Å². The van der Waals surface area contributed by atoms with E-state index in [4.69, 9.17) is 0 Å². The highest BCUT2D eigenvalue weighted by molar-refractivity contribution is 6.08. The number of amides is 2. The molecule has 0 bridgehead atoms. The highest BCUT2D eigenvalue weighted by Crippen LogP contribution is 2.25. The van der Waals surface area contributed by atoms with Crippen LogP contribution in [0.25, 0.3) is 10.9 Å². The van der Waals surface area contributed by atoms with Crippen molar-refractivity contribution in [2.75, 3.05) is 20.1 Å². The molecule has 1 aromatic heterocycles. The van der Waals surface area contributed by atoms with Crippen LogP contribution in [-0.4, -0.2) is 52.4 Å². The fourth-order valence-electron chi connectivity index (χ4n) is 3.77.